The highest BCUT2D eigenvalue weighted by Crippen LogP contribution is 2.36. The molecule has 0 saturated carbocycles. The van der Waals surface area contributed by atoms with Crippen molar-refractivity contribution in [3.8, 4) is 17.2 Å². The Morgan fingerprint density at radius 2 is 1.75 bits per heavy atom. The molecule has 2 rings (SSSR count). The molecule has 0 bridgehead atoms. The molecule has 0 amide bonds. The largest absolute Gasteiger partial charge is 0.496 e. The lowest BCUT2D eigenvalue weighted by Crippen LogP contribution is -2.49. The topological polar surface area (TPSA) is 68.2 Å². The van der Waals surface area contributed by atoms with Gasteiger partial charge in [-0.3, -0.25) is 9.69 Å². The second-order valence-electron chi connectivity index (χ2n) is 4.74. The summed E-state index contributed by atoms with van der Waals surface area (Å²) >= 11 is 0. The maximum atomic E-state index is 10.8. The molecule has 1 heterocycles. The van der Waals surface area contributed by atoms with Crippen molar-refractivity contribution < 1.29 is 24.1 Å². The Morgan fingerprint density at radius 1 is 1.20 bits per heavy atom. The molecule has 0 unspecified atom stereocenters. The van der Waals surface area contributed by atoms with Crippen molar-refractivity contribution in [3.63, 3.8) is 0 Å². The van der Waals surface area contributed by atoms with Crippen LogP contribution in [-0.2, 0) is 11.3 Å². The van der Waals surface area contributed by atoms with E-state index in [0.717, 1.165) is 5.56 Å². The minimum Gasteiger partial charge on any atom is -0.496 e. The Kier molecular flexibility index (Phi) is 4.34. The minimum atomic E-state index is -0.741. The van der Waals surface area contributed by atoms with E-state index in [1.807, 2.05) is 4.90 Å². The molecule has 1 aromatic carbocycles. The number of likely N-dealkylation sites (tertiary alicyclic amines) is 1. The van der Waals surface area contributed by atoms with Crippen molar-refractivity contribution in [1.82, 2.24) is 4.90 Å². The normalized spacial score (nSPS) is 15.6. The van der Waals surface area contributed by atoms with Gasteiger partial charge in [0.15, 0.2) is 0 Å². The van der Waals surface area contributed by atoms with Gasteiger partial charge in [0.05, 0.1) is 32.8 Å². The fourth-order valence-electron chi connectivity index (χ4n) is 2.31. The average molecular weight is 281 g/mol. The Balaban J connectivity index is 2.16. The van der Waals surface area contributed by atoms with E-state index >= 15 is 0 Å². The van der Waals surface area contributed by atoms with Gasteiger partial charge in [-0.2, -0.15) is 0 Å². The van der Waals surface area contributed by atoms with Crippen LogP contribution in [0.1, 0.15) is 5.56 Å². The van der Waals surface area contributed by atoms with Crippen molar-refractivity contribution in [2.24, 2.45) is 5.92 Å². The molecule has 0 atom stereocenters. The first-order chi connectivity index (χ1) is 9.58. The van der Waals surface area contributed by atoms with E-state index < -0.39 is 5.97 Å². The quantitative estimate of drug-likeness (QED) is 0.846. The number of hydrogen-bond acceptors (Lipinski definition) is 5. The molecule has 0 spiro atoms. The molecule has 1 fully saturated rings. The molecule has 6 heteroatoms. The molecule has 1 aliphatic rings. The zero-order chi connectivity index (χ0) is 14.7. The molecule has 0 radical (unpaired) electrons. The lowest BCUT2D eigenvalue weighted by molar-refractivity contribution is -0.147. The summed E-state index contributed by atoms with van der Waals surface area (Å²) in [6.07, 6.45) is 0. The van der Waals surface area contributed by atoms with Gasteiger partial charge < -0.3 is 19.3 Å². The van der Waals surface area contributed by atoms with Gasteiger partial charge in [0.25, 0.3) is 0 Å². The number of benzene rings is 1. The third kappa shape index (κ3) is 2.80. The van der Waals surface area contributed by atoms with Gasteiger partial charge in [0.2, 0.25) is 0 Å². The molecule has 1 aromatic rings. The zero-order valence-electron chi connectivity index (χ0n) is 11.9. The number of methoxy groups -OCH3 is 3. The molecule has 0 aromatic heterocycles. The highest BCUT2D eigenvalue weighted by atomic mass is 16.5. The fourth-order valence-corrected chi connectivity index (χ4v) is 2.31. The zero-order valence-corrected chi connectivity index (χ0v) is 11.9. The number of aliphatic carboxylic acids is 1. The second-order valence-corrected chi connectivity index (χ2v) is 4.74. The number of ether oxygens (including phenoxy) is 3. The molecule has 1 saturated heterocycles. The Hall–Kier alpha value is -1.95. The van der Waals surface area contributed by atoms with Crippen LogP contribution < -0.4 is 14.2 Å². The molecule has 0 aliphatic carbocycles. The highest BCUT2D eigenvalue weighted by molar-refractivity contribution is 5.71. The summed E-state index contributed by atoms with van der Waals surface area (Å²) in [5.41, 5.74) is 0.902. The number of rotatable bonds is 6. The number of carboxylic acid groups (broad SMARTS) is 1. The van der Waals surface area contributed by atoms with E-state index in [9.17, 15) is 4.79 Å². The van der Waals surface area contributed by atoms with E-state index in [1.54, 1.807) is 33.5 Å². The number of carbonyl (C=O) groups is 1. The van der Waals surface area contributed by atoms with E-state index in [1.165, 1.54) is 0 Å². The lowest BCUT2D eigenvalue weighted by atomic mass is 9.99. The van der Waals surface area contributed by atoms with Gasteiger partial charge in [0.1, 0.15) is 17.2 Å². The van der Waals surface area contributed by atoms with Crippen molar-refractivity contribution in [3.05, 3.63) is 17.7 Å². The van der Waals surface area contributed by atoms with Crippen LogP contribution in [0.4, 0.5) is 0 Å². The maximum Gasteiger partial charge on any atom is 0.309 e. The highest BCUT2D eigenvalue weighted by Gasteiger charge is 2.33. The molecule has 6 nitrogen and oxygen atoms in total. The summed E-state index contributed by atoms with van der Waals surface area (Å²) in [4.78, 5) is 12.9. The minimum absolute atomic E-state index is 0.273. The van der Waals surface area contributed by atoms with E-state index in [2.05, 4.69) is 0 Å². The molecular weight excluding hydrogens is 262 g/mol. The monoisotopic (exact) mass is 281 g/mol. The SMILES string of the molecule is COc1cc(OC)c(CN2CC(C(=O)O)C2)c(OC)c1. The number of nitrogens with zero attached hydrogens (tertiary/aromatic N) is 1. The Bertz CT molecular complexity index is 471. The third-order valence-corrected chi connectivity index (χ3v) is 3.51. The van der Waals surface area contributed by atoms with Crippen LogP contribution in [0.25, 0.3) is 0 Å². The summed E-state index contributed by atoms with van der Waals surface area (Å²) < 4.78 is 15.9. The van der Waals surface area contributed by atoms with Crippen LogP contribution in [0, 0.1) is 5.92 Å². The second kappa shape index (κ2) is 6.00. The summed E-state index contributed by atoms with van der Waals surface area (Å²) in [6, 6.07) is 3.60. The van der Waals surface area contributed by atoms with Gasteiger partial charge in [-0.1, -0.05) is 0 Å². The van der Waals surface area contributed by atoms with Gasteiger partial charge in [-0.25, -0.2) is 0 Å². The first-order valence-electron chi connectivity index (χ1n) is 6.33. The predicted molar refractivity (Wildman–Crippen MR) is 72.5 cm³/mol. The van der Waals surface area contributed by atoms with E-state index in [-0.39, 0.29) is 5.92 Å². The van der Waals surface area contributed by atoms with Crippen LogP contribution in [0.5, 0.6) is 17.2 Å². The maximum absolute atomic E-state index is 10.8. The lowest BCUT2D eigenvalue weighted by Gasteiger charge is -2.37. The summed E-state index contributed by atoms with van der Waals surface area (Å²) in [7, 11) is 4.77. The number of hydrogen-bond donors (Lipinski definition) is 1. The summed E-state index contributed by atoms with van der Waals surface area (Å²) in [5.74, 6) is 1.01. The van der Waals surface area contributed by atoms with Crippen molar-refractivity contribution in [2.45, 2.75) is 6.54 Å². The van der Waals surface area contributed by atoms with E-state index in [4.69, 9.17) is 19.3 Å². The van der Waals surface area contributed by atoms with Crippen LogP contribution in [0.3, 0.4) is 0 Å². The molecular formula is C14H19NO5. The van der Waals surface area contributed by atoms with Crippen LogP contribution in [0.15, 0.2) is 12.1 Å². The predicted octanol–water partition coefficient (Wildman–Crippen LogP) is 1.23. The first-order valence-corrected chi connectivity index (χ1v) is 6.33. The van der Waals surface area contributed by atoms with Gasteiger partial charge in [-0.15, -0.1) is 0 Å². The molecule has 1 N–H and O–H groups in total. The smallest absolute Gasteiger partial charge is 0.309 e. The van der Waals surface area contributed by atoms with Crippen LogP contribution in [0.2, 0.25) is 0 Å². The summed E-state index contributed by atoms with van der Waals surface area (Å²) in [6.45, 7) is 1.70. The third-order valence-electron chi connectivity index (χ3n) is 3.51. The molecule has 110 valence electrons. The van der Waals surface area contributed by atoms with Gasteiger partial charge in [-0.05, 0) is 0 Å². The Morgan fingerprint density at radius 3 is 2.15 bits per heavy atom. The molecule has 1 aliphatic heterocycles. The van der Waals surface area contributed by atoms with Crippen molar-refractivity contribution >= 4 is 5.97 Å². The van der Waals surface area contributed by atoms with Crippen molar-refractivity contribution in [2.75, 3.05) is 34.4 Å². The van der Waals surface area contributed by atoms with Crippen LogP contribution in [-0.4, -0.2) is 50.4 Å². The van der Waals surface area contributed by atoms with Gasteiger partial charge in [0, 0.05) is 31.8 Å². The van der Waals surface area contributed by atoms with E-state index in [0.29, 0.717) is 36.9 Å². The summed E-state index contributed by atoms with van der Waals surface area (Å²) in [5, 5.41) is 8.89. The average Bonchev–Trinajstić information content (AvgIpc) is 2.40. The fraction of sp³-hybridized carbons (Fsp3) is 0.500. The van der Waals surface area contributed by atoms with Crippen molar-refractivity contribution in [1.29, 1.82) is 0 Å². The van der Waals surface area contributed by atoms with Gasteiger partial charge >= 0.3 is 5.97 Å². The Labute approximate surface area is 117 Å². The first kappa shape index (κ1) is 14.5. The number of carboxylic acids is 1. The standard InChI is InChI=1S/C14H19NO5/c1-18-10-4-12(19-2)11(13(5-10)20-3)8-15-6-9(7-15)14(16)17/h4-5,9H,6-8H2,1-3H3,(H,16,17). The van der Waals surface area contributed by atoms with Crippen LogP contribution >= 0.6 is 0 Å². The molecule has 20 heavy (non-hydrogen) atoms.